The smallest absolute Gasteiger partial charge is 0.337 e. The van der Waals surface area contributed by atoms with Crippen molar-refractivity contribution in [3.63, 3.8) is 0 Å². The number of aromatic nitrogens is 1. The van der Waals surface area contributed by atoms with Gasteiger partial charge in [0.25, 0.3) is 0 Å². The number of ether oxygens (including phenoxy) is 1. The van der Waals surface area contributed by atoms with Crippen LogP contribution in [-0.2, 0) is 0 Å². The van der Waals surface area contributed by atoms with Gasteiger partial charge in [-0.1, -0.05) is 17.7 Å². The molecule has 0 spiro atoms. The Balaban J connectivity index is 2.24. The van der Waals surface area contributed by atoms with Crippen LogP contribution < -0.4 is 4.74 Å². The van der Waals surface area contributed by atoms with Gasteiger partial charge in [0.1, 0.15) is 5.75 Å². The monoisotopic (exact) mass is 243 g/mol. The second-order valence-corrected chi connectivity index (χ2v) is 4.07. The Morgan fingerprint density at radius 1 is 1.22 bits per heavy atom. The molecule has 0 aliphatic rings. The number of hydrogen-bond donors (Lipinski definition) is 1. The van der Waals surface area contributed by atoms with Crippen LogP contribution in [0.3, 0.4) is 0 Å². The number of carboxylic acids is 1. The SMILES string of the molecule is Cc1ccc(Oc2ncc(C(=O)O)cc2C)cc1. The first kappa shape index (κ1) is 12.1. The van der Waals surface area contributed by atoms with Gasteiger partial charge in [-0.2, -0.15) is 0 Å². The van der Waals surface area contributed by atoms with Crippen molar-refractivity contribution in [1.29, 1.82) is 0 Å². The predicted octanol–water partition coefficient (Wildman–Crippen LogP) is 3.19. The van der Waals surface area contributed by atoms with Crippen LogP contribution in [0.4, 0.5) is 0 Å². The van der Waals surface area contributed by atoms with E-state index in [1.165, 1.54) is 6.20 Å². The Bertz CT molecular complexity index is 576. The maximum Gasteiger partial charge on any atom is 0.337 e. The third-order valence-corrected chi connectivity index (χ3v) is 2.51. The van der Waals surface area contributed by atoms with Gasteiger partial charge in [0, 0.05) is 11.8 Å². The molecular weight excluding hydrogens is 230 g/mol. The fourth-order valence-corrected chi connectivity index (χ4v) is 1.50. The lowest BCUT2D eigenvalue weighted by Gasteiger charge is -2.08. The molecule has 0 aliphatic heterocycles. The first-order valence-corrected chi connectivity index (χ1v) is 5.51. The van der Waals surface area contributed by atoms with Crippen molar-refractivity contribution in [3.05, 3.63) is 53.2 Å². The summed E-state index contributed by atoms with van der Waals surface area (Å²) in [5, 5.41) is 8.84. The second kappa shape index (κ2) is 4.87. The van der Waals surface area contributed by atoms with Gasteiger partial charge >= 0.3 is 5.97 Å². The zero-order chi connectivity index (χ0) is 13.1. The van der Waals surface area contributed by atoms with Gasteiger partial charge in [-0.15, -0.1) is 0 Å². The van der Waals surface area contributed by atoms with Gasteiger partial charge in [-0.3, -0.25) is 0 Å². The van der Waals surface area contributed by atoms with Gasteiger partial charge in [-0.25, -0.2) is 9.78 Å². The van der Waals surface area contributed by atoms with E-state index in [2.05, 4.69) is 4.98 Å². The quantitative estimate of drug-likeness (QED) is 0.899. The minimum absolute atomic E-state index is 0.156. The summed E-state index contributed by atoms with van der Waals surface area (Å²) in [5.41, 5.74) is 1.99. The Morgan fingerprint density at radius 3 is 2.44 bits per heavy atom. The van der Waals surface area contributed by atoms with Crippen molar-refractivity contribution < 1.29 is 14.6 Å². The Hall–Kier alpha value is -2.36. The van der Waals surface area contributed by atoms with Crippen LogP contribution in [0.1, 0.15) is 21.5 Å². The predicted molar refractivity (Wildman–Crippen MR) is 67.2 cm³/mol. The van der Waals surface area contributed by atoms with Crippen molar-refractivity contribution in [3.8, 4) is 11.6 Å². The summed E-state index contributed by atoms with van der Waals surface area (Å²) in [7, 11) is 0. The van der Waals surface area contributed by atoms with Crippen LogP contribution >= 0.6 is 0 Å². The molecule has 2 aromatic rings. The highest BCUT2D eigenvalue weighted by Crippen LogP contribution is 2.23. The molecule has 1 aromatic heterocycles. The van der Waals surface area contributed by atoms with Crippen molar-refractivity contribution >= 4 is 5.97 Å². The molecule has 4 nitrogen and oxygen atoms in total. The summed E-state index contributed by atoms with van der Waals surface area (Å²) in [4.78, 5) is 14.8. The lowest BCUT2D eigenvalue weighted by molar-refractivity contribution is 0.0696. The van der Waals surface area contributed by atoms with Gasteiger partial charge in [0.15, 0.2) is 0 Å². The van der Waals surface area contributed by atoms with Crippen LogP contribution in [0.2, 0.25) is 0 Å². The van der Waals surface area contributed by atoms with E-state index in [0.717, 1.165) is 5.56 Å². The molecule has 4 heteroatoms. The first-order chi connectivity index (χ1) is 8.56. The van der Waals surface area contributed by atoms with Crippen LogP contribution in [0, 0.1) is 13.8 Å². The molecule has 0 unspecified atom stereocenters. The molecule has 1 aromatic carbocycles. The highest BCUT2D eigenvalue weighted by atomic mass is 16.5. The van der Waals surface area contributed by atoms with Gasteiger partial charge in [0.05, 0.1) is 5.56 Å². The van der Waals surface area contributed by atoms with E-state index < -0.39 is 5.97 Å². The lowest BCUT2D eigenvalue weighted by Crippen LogP contribution is -1.99. The van der Waals surface area contributed by atoms with Crippen LogP contribution in [0.5, 0.6) is 11.6 Å². The standard InChI is InChI=1S/C14H13NO3/c1-9-3-5-12(6-4-9)18-13-10(2)7-11(8-15-13)14(16)17/h3-8H,1-2H3,(H,16,17). The molecule has 0 aliphatic carbocycles. The number of nitrogens with zero attached hydrogens (tertiary/aromatic N) is 1. The Kier molecular flexibility index (Phi) is 3.28. The Morgan fingerprint density at radius 2 is 1.89 bits per heavy atom. The number of aryl methyl sites for hydroxylation is 2. The topological polar surface area (TPSA) is 59.4 Å². The Labute approximate surface area is 105 Å². The summed E-state index contributed by atoms with van der Waals surface area (Å²) in [6.45, 7) is 3.76. The number of aromatic carboxylic acids is 1. The van der Waals surface area contributed by atoms with Crippen molar-refractivity contribution in [2.45, 2.75) is 13.8 Å². The maximum atomic E-state index is 10.8. The molecule has 0 bridgehead atoms. The molecule has 0 radical (unpaired) electrons. The van der Waals surface area contributed by atoms with Gasteiger partial charge in [-0.05, 0) is 32.0 Å². The highest BCUT2D eigenvalue weighted by molar-refractivity contribution is 5.87. The van der Waals surface area contributed by atoms with E-state index in [0.29, 0.717) is 17.2 Å². The van der Waals surface area contributed by atoms with Crippen molar-refractivity contribution in [2.24, 2.45) is 0 Å². The minimum atomic E-state index is -0.993. The molecule has 0 fully saturated rings. The van der Waals surface area contributed by atoms with Gasteiger partial charge < -0.3 is 9.84 Å². The van der Waals surface area contributed by atoms with Crippen LogP contribution in [0.15, 0.2) is 36.5 Å². The van der Waals surface area contributed by atoms with Crippen LogP contribution in [-0.4, -0.2) is 16.1 Å². The number of carbonyl (C=O) groups is 1. The molecular formula is C14H13NO3. The summed E-state index contributed by atoms with van der Waals surface area (Å²) < 4.78 is 5.59. The normalized spacial score (nSPS) is 10.1. The van der Waals surface area contributed by atoms with Crippen molar-refractivity contribution in [1.82, 2.24) is 4.98 Å². The fraction of sp³-hybridized carbons (Fsp3) is 0.143. The molecule has 1 heterocycles. The van der Waals surface area contributed by atoms with E-state index in [1.54, 1.807) is 13.0 Å². The average molecular weight is 243 g/mol. The molecule has 1 N–H and O–H groups in total. The van der Waals surface area contributed by atoms with E-state index in [1.807, 2.05) is 31.2 Å². The van der Waals surface area contributed by atoms with E-state index >= 15 is 0 Å². The molecule has 0 saturated carbocycles. The summed E-state index contributed by atoms with van der Waals surface area (Å²) in [5.74, 6) is 0.107. The minimum Gasteiger partial charge on any atom is -0.478 e. The number of hydrogen-bond acceptors (Lipinski definition) is 3. The number of pyridine rings is 1. The first-order valence-electron chi connectivity index (χ1n) is 5.51. The molecule has 0 atom stereocenters. The van der Waals surface area contributed by atoms with Crippen LogP contribution in [0.25, 0.3) is 0 Å². The van der Waals surface area contributed by atoms with E-state index in [4.69, 9.17) is 9.84 Å². The number of carboxylic acid groups (broad SMARTS) is 1. The third kappa shape index (κ3) is 2.66. The summed E-state index contributed by atoms with van der Waals surface area (Å²) in [6, 6.07) is 9.12. The fourth-order valence-electron chi connectivity index (χ4n) is 1.50. The van der Waals surface area contributed by atoms with E-state index in [9.17, 15) is 4.79 Å². The third-order valence-electron chi connectivity index (χ3n) is 2.51. The zero-order valence-electron chi connectivity index (χ0n) is 10.2. The average Bonchev–Trinajstić information content (AvgIpc) is 2.34. The highest BCUT2D eigenvalue weighted by Gasteiger charge is 2.08. The number of benzene rings is 1. The number of rotatable bonds is 3. The molecule has 0 saturated heterocycles. The summed E-state index contributed by atoms with van der Waals surface area (Å²) in [6.07, 6.45) is 1.29. The van der Waals surface area contributed by atoms with E-state index in [-0.39, 0.29) is 5.56 Å². The second-order valence-electron chi connectivity index (χ2n) is 4.07. The largest absolute Gasteiger partial charge is 0.478 e. The zero-order valence-corrected chi connectivity index (χ0v) is 10.2. The van der Waals surface area contributed by atoms with Crippen molar-refractivity contribution in [2.75, 3.05) is 0 Å². The molecule has 92 valence electrons. The summed E-state index contributed by atoms with van der Waals surface area (Å²) >= 11 is 0. The molecule has 18 heavy (non-hydrogen) atoms. The van der Waals surface area contributed by atoms with Gasteiger partial charge in [0.2, 0.25) is 5.88 Å². The molecule has 2 rings (SSSR count). The maximum absolute atomic E-state index is 10.8. The lowest BCUT2D eigenvalue weighted by atomic mass is 10.2. The molecule has 0 amide bonds.